The van der Waals surface area contributed by atoms with E-state index in [9.17, 15) is 4.79 Å². The van der Waals surface area contributed by atoms with E-state index in [2.05, 4.69) is 31.0 Å². The zero-order chi connectivity index (χ0) is 12.5. The summed E-state index contributed by atoms with van der Waals surface area (Å²) in [6.07, 6.45) is 7.01. The third-order valence-electron chi connectivity index (χ3n) is 4.51. The molecule has 0 aromatic heterocycles. The first-order valence-corrected chi connectivity index (χ1v) is 7.10. The summed E-state index contributed by atoms with van der Waals surface area (Å²) in [4.78, 5) is 14.5. The molecule has 0 bridgehead atoms. The van der Waals surface area contributed by atoms with Crippen LogP contribution in [-0.4, -0.2) is 29.6 Å². The van der Waals surface area contributed by atoms with Gasteiger partial charge in [-0.15, -0.1) is 0 Å². The van der Waals surface area contributed by atoms with Crippen LogP contribution in [0, 0.1) is 5.41 Å². The lowest BCUT2D eigenvalue weighted by molar-refractivity contribution is -0.132. The van der Waals surface area contributed by atoms with E-state index >= 15 is 0 Å². The molecular formula is C14H26N2O. The van der Waals surface area contributed by atoms with Gasteiger partial charge in [-0.05, 0) is 24.7 Å². The summed E-state index contributed by atoms with van der Waals surface area (Å²) in [7, 11) is 0. The van der Waals surface area contributed by atoms with Gasteiger partial charge in [0.25, 0.3) is 0 Å². The summed E-state index contributed by atoms with van der Waals surface area (Å²) < 4.78 is 0. The fourth-order valence-electron chi connectivity index (χ4n) is 3.36. The van der Waals surface area contributed by atoms with Crippen molar-refractivity contribution in [1.29, 1.82) is 0 Å². The molecule has 0 spiro atoms. The fourth-order valence-corrected chi connectivity index (χ4v) is 3.36. The van der Waals surface area contributed by atoms with Crippen LogP contribution in [0.4, 0.5) is 0 Å². The van der Waals surface area contributed by atoms with E-state index in [1.165, 1.54) is 25.7 Å². The average molecular weight is 238 g/mol. The van der Waals surface area contributed by atoms with E-state index in [1.807, 2.05) is 0 Å². The van der Waals surface area contributed by atoms with Crippen LogP contribution >= 0.6 is 0 Å². The smallest absolute Gasteiger partial charge is 0.241 e. The van der Waals surface area contributed by atoms with E-state index in [4.69, 9.17) is 0 Å². The van der Waals surface area contributed by atoms with Gasteiger partial charge < -0.3 is 4.90 Å². The third-order valence-corrected chi connectivity index (χ3v) is 4.51. The number of amides is 1. The molecule has 0 radical (unpaired) electrons. The second-order valence-corrected chi connectivity index (χ2v) is 6.26. The van der Waals surface area contributed by atoms with Crippen LogP contribution < -0.4 is 5.32 Å². The minimum atomic E-state index is 0.0892. The van der Waals surface area contributed by atoms with Crippen molar-refractivity contribution in [2.24, 2.45) is 5.41 Å². The SMILES string of the molecule is CCCCC1NCN(C2CCCC2(C)C)C1=O. The number of hydrogen-bond donors (Lipinski definition) is 1. The molecular weight excluding hydrogens is 212 g/mol. The molecule has 3 heteroatoms. The molecule has 1 N–H and O–H groups in total. The number of nitrogens with zero attached hydrogens (tertiary/aromatic N) is 1. The van der Waals surface area contributed by atoms with Crippen molar-refractivity contribution in [2.45, 2.75) is 71.4 Å². The summed E-state index contributed by atoms with van der Waals surface area (Å²) in [5.41, 5.74) is 0.303. The lowest BCUT2D eigenvalue weighted by atomic mass is 9.86. The average Bonchev–Trinajstić information content (AvgIpc) is 2.79. The predicted octanol–water partition coefficient (Wildman–Crippen LogP) is 2.51. The predicted molar refractivity (Wildman–Crippen MR) is 69.6 cm³/mol. The molecule has 1 heterocycles. The van der Waals surface area contributed by atoms with Gasteiger partial charge in [0.2, 0.25) is 5.91 Å². The maximum atomic E-state index is 12.3. The summed E-state index contributed by atoms with van der Waals surface area (Å²) in [5, 5.41) is 3.38. The van der Waals surface area contributed by atoms with Crippen molar-refractivity contribution in [3.63, 3.8) is 0 Å². The van der Waals surface area contributed by atoms with E-state index in [0.29, 0.717) is 17.4 Å². The lowest BCUT2D eigenvalue weighted by Crippen LogP contribution is -2.44. The first-order chi connectivity index (χ1) is 8.06. The Labute approximate surface area is 105 Å². The van der Waals surface area contributed by atoms with E-state index in [1.54, 1.807) is 0 Å². The van der Waals surface area contributed by atoms with E-state index in [-0.39, 0.29) is 6.04 Å². The Morgan fingerprint density at radius 2 is 2.24 bits per heavy atom. The Morgan fingerprint density at radius 1 is 1.47 bits per heavy atom. The monoisotopic (exact) mass is 238 g/mol. The largest absolute Gasteiger partial charge is 0.325 e. The van der Waals surface area contributed by atoms with Gasteiger partial charge in [0, 0.05) is 6.04 Å². The van der Waals surface area contributed by atoms with E-state index in [0.717, 1.165) is 19.5 Å². The zero-order valence-electron chi connectivity index (χ0n) is 11.5. The topological polar surface area (TPSA) is 32.3 Å². The molecule has 3 nitrogen and oxygen atoms in total. The van der Waals surface area contributed by atoms with Gasteiger partial charge in [0.1, 0.15) is 0 Å². The number of unbranched alkanes of at least 4 members (excludes halogenated alkanes) is 1. The maximum absolute atomic E-state index is 12.3. The normalized spacial score (nSPS) is 32.4. The van der Waals surface area contributed by atoms with Crippen molar-refractivity contribution in [3.05, 3.63) is 0 Å². The molecule has 2 atom stereocenters. The van der Waals surface area contributed by atoms with Crippen molar-refractivity contribution in [1.82, 2.24) is 10.2 Å². The van der Waals surface area contributed by atoms with Crippen LogP contribution in [-0.2, 0) is 4.79 Å². The van der Waals surface area contributed by atoms with Crippen molar-refractivity contribution < 1.29 is 4.79 Å². The Morgan fingerprint density at radius 3 is 2.82 bits per heavy atom. The van der Waals surface area contributed by atoms with Crippen LogP contribution in [0.3, 0.4) is 0 Å². The summed E-state index contributed by atoms with van der Waals surface area (Å²) in [6.45, 7) is 7.55. The number of hydrogen-bond acceptors (Lipinski definition) is 2. The molecule has 1 amide bonds. The zero-order valence-corrected chi connectivity index (χ0v) is 11.5. The van der Waals surface area contributed by atoms with Gasteiger partial charge in [-0.25, -0.2) is 0 Å². The molecule has 98 valence electrons. The van der Waals surface area contributed by atoms with Gasteiger partial charge >= 0.3 is 0 Å². The molecule has 17 heavy (non-hydrogen) atoms. The maximum Gasteiger partial charge on any atom is 0.241 e. The van der Waals surface area contributed by atoms with Gasteiger partial charge in [0.15, 0.2) is 0 Å². The Kier molecular flexibility index (Phi) is 3.76. The van der Waals surface area contributed by atoms with Crippen LogP contribution in [0.5, 0.6) is 0 Å². The molecule has 1 saturated carbocycles. The second-order valence-electron chi connectivity index (χ2n) is 6.26. The van der Waals surface area contributed by atoms with Gasteiger partial charge in [-0.3, -0.25) is 10.1 Å². The number of rotatable bonds is 4. The van der Waals surface area contributed by atoms with Crippen LogP contribution in [0.2, 0.25) is 0 Å². The lowest BCUT2D eigenvalue weighted by Gasteiger charge is -2.34. The second kappa shape index (κ2) is 4.97. The minimum Gasteiger partial charge on any atom is -0.325 e. The van der Waals surface area contributed by atoms with Gasteiger partial charge in [0.05, 0.1) is 12.7 Å². The van der Waals surface area contributed by atoms with Gasteiger partial charge in [-0.2, -0.15) is 0 Å². The molecule has 1 aliphatic heterocycles. The van der Waals surface area contributed by atoms with Crippen LogP contribution in [0.1, 0.15) is 59.3 Å². The highest BCUT2D eigenvalue weighted by molar-refractivity contribution is 5.84. The van der Waals surface area contributed by atoms with Crippen molar-refractivity contribution in [2.75, 3.05) is 6.67 Å². The summed E-state index contributed by atoms with van der Waals surface area (Å²) in [6, 6.07) is 0.542. The van der Waals surface area contributed by atoms with Crippen molar-refractivity contribution >= 4 is 5.91 Å². The molecule has 1 saturated heterocycles. The molecule has 2 rings (SSSR count). The van der Waals surface area contributed by atoms with Gasteiger partial charge in [-0.1, -0.05) is 40.0 Å². The van der Waals surface area contributed by atoms with Crippen molar-refractivity contribution in [3.8, 4) is 0 Å². The Hall–Kier alpha value is -0.570. The Balaban J connectivity index is 1.97. The van der Waals surface area contributed by atoms with Crippen LogP contribution in [0.15, 0.2) is 0 Å². The first-order valence-electron chi connectivity index (χ1n) is 7.10. The molecule has 0 aromatic rings. The number of carbonyl (C=O) groups is 1. The number of nitrogens with one attached hydrogen (secondary N) is 1. The third kappa shape index (κ3) is 2.49. The molecule has 2 aliphatic rings. The highest BCUT2D eigenvalue weighted by atomic mass is 16.2. The molecule has 2 unspecified atom stereocenters. The minimum absolute atomic E-state index is 0.0892. The number of carbonyl (C=O) groups excluding carboxylic acids is 1. The fraction of sp³-hybridized carbons (Fsp3) is 0.929. The molecule has 0 aromatic carbocycles. The standard InChI is InChI=1S/C14H26N2O/c1-4-5-7-11-13(17)16(10-15-11)12-8-6-9-14(12,2)3/h11-12,15H,4-10H2,1-3H3. The quantitative estimate of drug-likeness (QED) is 0.816. The Bertz CT molecular complexity index is 288. The highest BCUT2D eigenvalue weighted by Gasteiger charge is 2.44. The first kappa shape index (κ1) is 12.9. The molecule has 1 aliphatic carbocycles. The highest BCUT2D eigenvalue weighted by Crippen LogP contribution is 2.41. The van der Waals surface area contributed by atoms with E-state index < -0.39 is 0 Å². The summed E-state index contributed by atoms with van der Waals surface area (Å²) >= 11 is 0. The molecule has 2 fully saturated rings. The summed E-state index contributed by atoms with van der Waals surface area (Å²) in [5.74, 6) is 0.346. The van der Waals surface area contributed by atoms with Crippen LogP contribution in [0.25, 0.3) is 0 Å².